The van der Waals surface area contributed by atoms with E-state index in [9.17, 15) is 4.79 Å². The monoisotopic (exact) mass is 325 g/mol. The van der Waals surface area contributed by atoms with Gasteiger partial charge in [-0.3, -0.25) is 4.79 Å². The van der Waals surface area contributed by atoms with Crippen LogP contribution in [0.5, 0.6) is 0 Å². The van der Waals surface area contributed by atoms with Gasteiger partial charge in [0.1, 0.15) is 0 Å². The number of rotatable bonds is 6. The first-order valence-corrected chi connectivity index (χ1v) is 8.72. The minimum absolute atomic E-state index is 0.0440. The summed E-state index contributed by atoms with van der Waals surface area (Å²) in [5.74, 6) is 1.82. The highest BCUT2D eigenvalue weighted by molar-refractivity contribution is 7.98. The third kappa shape index (κ3) is 4.13. The summed E-state index contributed by atoms with van der Waals surface area (Å²) in [7, 11) is 0. The van der Waals surface area contributed by atoms with Crippen LogP contribution in [0.2, 0.25) is 0 Å². The minimum atomic E-state index is -0.0440. The van der Waals surface area contributed by atoms with E-state index in [1.165, 1.54) is 11.1 Å². The van der Waals surface area contributed by atoms with E-state index in [4.69, 9.17) is 0 Å². The van der Waals surface area contributed by atoms with Crippen LogP contribution in [0.15, 0.2) is 48.8 Å². The number of carbonyl (C=O) groups excluding carboxylic acids is 1. The third-order valence-corrected chi connectivity index (χ3v) is 4.63. The molecule has 1 aromatic heterocycles. The van der Waals surface area contributed by atoms with Crippen LogP contribution in [0.25, 0.3) is 11.0 Å². The number of aromatic amines is 1. The molecule has 0 saturated carbocycles. The number of fused-ring (bicyclic) bond motifs is 1. The van der Waals surface area contributed by atoms with Crippen LogP contribution < -0.4 is 5.32 Å². The van der Waals surface area contributed by atoms with E-state index in [-0.39, 0.29) is 5.91 Å². The van der Waals surface area contributed by atoms with Crippen molar-refractivity contribution in [3.63, 3.8) is 0 Å². The number of nitrogens with zero attached hydrogens (tertiary/aromatic N) is 1. The number of carbonyl (C=O) groups is 1. The Morgan fingerprint density at radius 3 is 2.87 bits per heavy atom. The van der Waals surface area contributed by atoms with Crippen molar-refractivity contribution in [1.82, 2.24) is 15.3 Å². The molecule has 0 fully saturated rings. The molecule has 0 aliphatic heterocycles. The second-order valence-electron chi connectivity index (χ2n) is 5.43. The number of benzene rings is 2. The number of aryl methyl sites for hydroxylation is 1. The van der Waals surface area contributed by atoms with E-state index < -0.39 is 0 Å². The predicted molar refractivity (Wildman–Crippen MR) is 95.8 cm³/mol. The highest BCUT2D eigenvalue weighted by Gasteiger charge is 2.06. The predicted octanol–water partition coefficient (Wildman–Crippen LogP) is 3.53. The van der Waals surface area contributed by atoms with E-state index in [1.807, 2.05) is 23.9 Å². The van der Waals surface area contributed by atoms with Gasteiger partial charge < -0.3 is 10.3 Å². The molecule has 0 radical (unpaired) electrons. The minimum Gasteiger partial charge on any atom is -0.351 e. The summed E-state index contributed by atoms with van der Waals surface area (Å²) in [5.41, 5.74) is 5.00. The van der Waals surface area contributed by atoms with Crippen LogP contribution in [0, 0.1) is 6.92 Å². The molecule has 3 aromatic rings. The van der Waals surface area contributed by atoms with E-state index in [1.54, 1.807) is 12.4 Å². The van der Waals surface area contributed by atoms with E-state index in [0.29, 0.717) is 12.1 Å². The summed E-state index contributed by atoms with van der Waals surface area (Å²) in [5, 5.41) is 2.96. The van der Waals surface area contributed by atoms with Crippen LogP contribution in [0.1, 0.15) is 21.5 Å². The Labute approximate surface area is 139 Å². The Kier molecular flexibility index (Phi) is 4.98. The van der Waals surface area contributed by atoms with Crippen molar-refractivity contribution in [2.75, 3.05) is 12.3 Å². The maximum atomic E-state index is 12.1. The molecule has 0 unspecified atom stereocenters. The molecule has 0 saturated heterocycles. The normalized spacial score (nSPS) is 10.8. The molecule has 0 aliphatic carbocycles. The molecule has 0 spiro atoms. The van der Waals surface area contributed by atoms with Crippen molar-refractivity contribution < 1.29 is 4.79 Å². The lowest BCUT2D eigenvalue weighted by atomic mass is 10.2. The quantitative estimate of drug-likeness (QED) is 0.682. The van der Waals surface area contributed by atoms with Gasteiger partial charge in [-0.2, -0.15) is 11.8 Å². The number of nitrogens with one attached hydrogen (secondary N) is 2. The van der Waals surface area contributed by atoms with Crippen LogP contribution in [0.3, 0.4) is 0 Å². The molecule has 4 nitrogen and oxygen atoms in total. The Morgan fingerprint density at radius 1 is 1.22 bits per heavy atom. The van der Waals surface area contributed by atoms with Gasteiger partial charge in [0, 0.05) is 23.6 Å². The second-order valence-corrected chi connectivity index (χ2v) is 6.53. The van der Waals surface area contributed by atoms with Crippen molar-refractivity contribution in [2.45, 2.75) is 12.7 Å². The zero-order chi connectivity index (χ0) is 16.1. The van der Waals surface area contributed by atoms with E-state index >= 15 is 0 Å². The van der Waals surface area contributed by atoms with Gasteiger partial charge in [-0.05, 0) is 30.7 Å². The Hall–Kier alpha value is -2.27. The van der Waals surface area contributed by atoms with Gasteiger partial charge in [-0.15, -0.1) is 0 Å². The Balaban J connectivity index is 1.43. The van der Waals surface area contributed by atoms with Gasteiger partial charge >= 0.3 is 0 Å². The highest BCUT2D eigenvalue weighted by Crippen LogP contribution is 2.13. The molecule has 5 heteroatoms. The number of hydrogen-bond donors (Lipinski definition) is 2. The molecule has 23 heavy (non-hydrogen) atoms. The number of thioether (sulfide) groups is 1. The number of aromatic nitrogens is 2. The first-order valence-electron chi connectivity index (χ1n) is 7.57. The van der Waals surface area contributed by atoms with E-state index in [0.717, 1.165) is 22.5 Å². The summed E-state index contributed by atoms with van der Waals surface area (Å²) >= 11 is 1.82. The summed E-state index contributed by atoms with van der Waals surface area (Å²) in [6.45, 7) is 2.75. The maximum absolute atomic E-state index is 12.1. The van der Waals surface area contributed by atoms with Gasteiger partial charge in [0.05, 0.1) is 17.4 Å². The standard InChI is InChI=1S/C18H19N3OS/c1-13-2-4-14(5-3-13)11-23-9-8-19-18(22)15-6-7-16-17(10-15)21-12-20-16/h2-7,10,12H,8-9,11H2,1H3,(H,19,22)(H,20,21). The fraction of sp³-hybridized carbons (Fsp3) is 0.222. The number of H-pyrrole nitrogens is 1. The average molecular weight is 325 g/mol. The van der Waals surface area contributed by atoms with Gasteiger partial charge in [-0.25, -0.2) is 4.98 Å². The van der Waals surface area contributed by atoms with Crippen LogP contribution in [-0.4, -0.2) is 28.2 Å². The first-order chi connectivity index (χ1) is 11.2. The molecular formula is C18H19N3OS. The molecule has 3 rings (SSSR count). The summed E-state index contributed by atoms with van der Waals surface area (Å²) in [6.07, 6.45) is 1.63. The molecule has 1 amide bonds. The zero-order valence-electron chi connectivity index (χ0n) is 13.0. The Bertz CT molecular complexity index is 795. The summed E-state index contributed by atoms with van der Waals surface area (Å²) < 4.78 is 0. The summed E-state index contributed by atoms with van der Waals surface area (Å²) in [6, 6.07) is 14.1. The zero-order valence-corrected chi connectivity index (χ0v) is 13.8. The molecule has 118 valence electrons. The SMILES string of the molecule is Cc1ccc(CSCCNC(=O)c2ccc3nc[nH]c3c2)cc1. The van der Waals surface area contributed by atoms with Crippen LogP contribution >= 0.6 is 11.8 Å². The molecule has 1 heterocycles. The molecule has 0 atom stereocenters. The second kappa shape index (κ2) is 7.33. The molecule has 2 N–H and O–H groups in total. The first kappa shape index (κ1) is 15.6. The number of amides is 1. The van der Waals surface area contributed by atoms with Crippen molar-refractivity contribution >= 4 is 28.7 Å². The number of imidazole rings is 1. The van der Waals surface area contributed by atoms with Crippen molar-refractivity contribution in [3.05, 3.63) is 65.5 Å². The fourth-order valence-corrected chi connectivity index (χ4v) is 3.11. The lowest BCUT2D eigenvalue weighted by Crippen LogP contribution is -2.25. The molecule has 0 aliphatic rings. The largest absolute Gasteiger partial charge is 0.351 e. The fourth-order valence-electron chi connectivity index (χ4n) is 2.29. The third-order valence-electron chi connectivity index (χ3n) is 3.60. The van der Waals surface area contributed by atoms with Crippen molar-refractivity contribution in [1.29, 1.82) is 0 Å². The Morgan fingerprint density at radius 2 is 2.04 bits per heavy atom. The maximum Gasteiger partial charge on any atom is 0.251 e. The molecular weight excluding hydrogens is 306 g/mol. The lowest BCUT2D eigenvalue weighted by Gasteiger charge is -2.06. The van der Waals surface area contributed by atoms with Crippen molar-refractivity contribution in [2.24, 2.45) is 0 Å². The van der Waals surface area contributed by atoms with Gasteiger partial charge in [-0.1, -0.05) is 29.8 Å². The van der Waals surface area contributed by atoms with Crippen LogP contribution in [0.4, 0.5) is 0 Å². The molecule has 0 bridgehead atoms. The highest BCUT2D eigenvalue weighted by atomic mass is 32.2. The van der Waals surface area contributed by atoms with Crippen LogP contribution in [-0.2, 0) is 5.75 Å². The lowest BCUT2D eigenvalue weighted by molar-refractivity contribution is 0.0956. The smallest absolute Gasteiger partial charge is 0.251 e. The van der Waals surface area contributed by atoms with Gasteiger partial charge in [0.25, 0.3) is 5.91 Å². The van der Waals surface area contributed by atoms with Gasteiger partial charge in [0.15, 0.2) is 0 Å². The van der Waals surface area contributed by atoms with E-state index in [2.05, 4.69) is 46.5 Å². The van der Waals surface area contributed by atoms with Gasteiger partial charge in [0.2, 0.25) is 0 Å². The summed E-state index contributed by atoms with van der Waals surface area (Å²) in [4.78, 5) is 19.3. The number of hydrogen-bond acceptors (Lipinski definition) is 3. The average Bonchev–Trinajstić information content (AvgIpc) is 3.03. The van der Waals surface area contributed by atoms with Crippen molar-refractivity contribution in [3.8, 4) is 0 Å². The molecule has 2 aromatic carbocycles. The topological polar surface area (TPSA) is 57.8 Å².